The lowest BCUT2D eigenvalue weighted by atomic mass is 10.0. The van der Waals surface area contributed by atoms with Crippen LogP contribution in [0.3, 0.4) is 0 Å². The normalized spacial score (nSPS) is 15.9. The number of halogens is 1. The number of nitrogens with zero attached hydrogens (tertiary/aromatic N) is 6. The molecule has 0 N–H and O–H groups in total. The number of hydrogen-bond donors (Lipinski definition) is 0. The van der Waals surface area contributed by atoms with Gasteiger partial charge in [0.15, 0.2) is 5.82 Å². The van der Waals surface area contributed by atoms with Gasteiger partial charge in [0.05, 0.1) is 12.6 Å². The molecule has 3 aromatic carbocycles. The number of rotatable bonds is 7. The summed E-state index contributed by atoms with van der Waals surface area (Å²) in [6.45, 7) is 7.38. The van der Waals surface area contributed by atoms with E-state index in [1.54, 1.807) is 12.1 Å². The topological polar surface area (TPSA) is 50.1 Å². The van der Waals surface area contributed by atoms with Crippen LogP contribution in [0.2, 0.25) is 0 Å². The molecule has 4 aromatic rings. The van der Waals surface area contributed by atoms with Crippen LogP contribution in [0.5, 0.6) is 0 Å². The van der Waals surface area contributed by atoms with Crippen LogP contribution in [0.1, 0.15) is 34.1 Å². The Labute approximate surface area is 199 Å². The van der Waals surface area contributed by atoms with E-state index in [2.05, 4.69) is 86.8 Å². The zero-order valence-electron chi connectivity index (χ0n) is 19.4. The Morgan fingerprint density at radius 3 is 2.18 bits per heavy atom. The van der Waals surface area contributed by atoms with E-state index in [1.807, 2.05) is 4.68 Å². The number of aromatic nitrogens is 4. The number of benzene rings is 3. The fourth-order valence-electron chi connectivity index (χ4n) is 4.58. The van der Waals surface area contributed by atoms with Gasteiger partial charge in [-0.1, -0.05) is 72.3 Å². The lowest BCUT2D eigenvalue weighted by Crippen LogP contribution is -2.48. The highest BCUT2D eigenvalue weighted by Crippen LogP contribution is 2.29. The second kappa shape index (κ2) is 10.2. The average Bonchev–Trinajstić information content (AvgIpc) is 3.31. The van der Waals surface area contributed by atoms with Gasteiger partial charge >= 0.3 is 0 Å². The number of tetrazole rings is 1. The highest BCUT2D eigenvalue weighted by molar-refractivity contribution is 5.29. The molecule has 0 amide bonds. The maximum Gasteiger partial charge on any atom is 0.173 e. The molecule has 0 unspecified atom stereocenters. The van der Waals surface area contributed by atoms with Gasteiger partial charge < -0.3 is 0 Å². The summed E-state index contributed by atoms with van der Waals surface area (Å²) in [4.78, 5) is 4.97. The van der Waals surface area contributed by atoms with Crippen LogP contribution in [0, 0.1) is 12.7 Å². The Balaban J connectivity index is 1.38. The molecule has 0 saturated carbocycles. The highest BCUT2D eigenvalue weighted by atomic mass is 19.1. The summed E-state index contributed by atoms with van der Waals surface area (Å²) in [6, 6.07) is 25.7. The quantitative estimate of drug-likeness (QED) is 0.420. The van der Waals surface area contributed by atoms with Crippen LogP contribution in [-0.4, -0.2) is 56.2 Å². The van der Waals surface area contributed by atoms with Crippen LogP contribution in [0.15, 0.2) is 78.9 Å². The van der Waals surface area contributed by atoms with Gasteiger partial charge in [0.25, 0.3) is 0 Å². The second-order valence-electron chi connectivity index (χ2n) is 8.93. The van der Waals surface area contributed by atoms with E-state index in [0.29, 0.717) is 6.54 Å². The number of hydrogen-bond acceptors (Lipinski definition) is 5. The molecule has 0 spiro atoms. The van der Waals surface area contributed by atoms with Crippen LogP contribution in [0.25, 0.3) is 0 Å². The van der Waals surface area contributed by atoms with Crippen LogP contribution >= 0.6 is 0 Å². The first kappa shape index (κ1) is 22.4. The third kappa shape index (κ3) is 5.21. The maximum atomic E-state index is 13.4. The average molecular weight is 457 g/mol. The molecular formula is C27H29FN6. The summed E-state index contributed by atoms with van der Waals surface area (Å²) < 4.78 is 15.2. The standard InChI is InChI=1S/C27H29FN6/c1-21-7-11-24(12-8-21)26(27-29-30-31-34(27)20-23-9-13-25(28)14-10-23)33-17-15-32(16-18-33)19-22-5-3-2-4-6-22/h2-14,26H,15-20H2,1H3/t26-/m1/s1. The van der Waals surface area contributed by atoms with E-state index in [9.17, 15) is 4.39 Å². The number of aryl methyl sites for hydroxylation is 1. The molecule has 1 saturated heterocycles. The molecule has 1 aliphatic heterocycles. The molecule has 2 heterocycles. The van der Waals surface area contributed by atoms with Crippen molar-refractivity contribution in [3.05, 3.63) is 113 Å². The summed E-state index contributed by atoms with van der Waals surface area (Å²) >= 11 is 0. The molecule has 7 heteroatoms. The van der Waals surface area contributed by atoms with Crippen molar-refractivity contribution in [2.45, 2.75) is 26.1 Å². The fourth-order valence-corrected chi connectivity index (χ4v) is 4.58. The van der Waals surface area contributed by atoms with Gasteiger partial charge in [0.1, 0.15) is 5.82 Å². The van der Waals surface area contributed by atoms with Crippen molar-refractivity contribution in [1.29, 1.82) is 0 Å². The summed E-state index contributed by atoms with van der Waals surface area (Å²) in [5.74, 6) is 0.566. The van der Waals surface area contributed by atoms with Crippen LogP contribution in [0.4, 0.5) is 4.39 Å². The molecule has 34 heavy (non-hydrogen) atoms. The monoisotopic (exact) mass is 456 g/mol. The molecule has 1 aliphatic rings. The first-order chi connectivity index (χ1) is 16.7. The highest BCUT2D eigenvalue weighted by Gasteiger charge is 2.30. The van der Waals surface area contributed by atoms with Crippen molar-refractivity contribution in [2.24, 2.45) is 0 Å². The van der Waals surface area contributed by atoms with Gasteiger partial charge in [-0.3, -0.25) is 9.80 Å². The van der Waals surface area contributed by atoms with Gasteiger partial charge in [-0.05, 0) is 46.2 Å². The van der Waals surface area contributed by atoms with Crippen LogP contribution < -0.4 is 0 Å². The first-order valence-electron chi connectivity index (χ1n) is 11.7. The van der Waals surface area contributed by atoms with Crippen molar-refractivity contribution in [1.82, 2.24) is 30.0 Å². The van der Waals surface area contributed by atoms with Gasteiger partial charge in [0.2, 0.25) is 0 Å². The van der Waals surface area contributed by atoms with E-state index in [1.165, 1.54) is 28.8 Å². The molecular weight excluding hydrogens is 427 g/mol. The summed E-state index contributed by atoms with van der Waals surface area (Å²) in [6.07, 6.45) is 0. The minimum absolute atomic E-state index is 0.0464. The Kier molecular flexibility index (Phi) is 6.74. The summed E-state index contributed by atoms with van der Waals surface area (Å²) in [5.41, 5.74) is 4.71. The van der Waals surface area contributed by atoms with Crippen LogP contribution in [-0.2, 0) is 13.1 Å². The largest absolute Gasteiger partial charge is 0.297 e. The van der Waals surface area contributed by atoms with Gasteiger partial charge in [-0.25, -0.2) is 9.07 Å². The lowest BCUT2D eigenvalue weighted by molar-refractivity contribution is 0.100. The lowest BCUT2D eigenvalue weighted by Gasteiger charge is -2.39. The molecule has 0 bridgehead atoms. The SMILES string of the molecule is Cc1ccc([C@H](c2nnnn2Cc2ccc(F)cc2)N2CCN(Cc3ccccc3)CC2)cc1. The van der Waals surface area contributed by atoms with Gasteiger partial charge in [-0.2, -0.15) is 0 Å². The van der Waals surface area contributed by atoms with Gasteiger partial charge in [-0.15, -0.1) is 5.10 Å². The predicted molar refractivity (Wildman–Crippen MR) is 130 cm³/mol. The Bertz CT molecular complexity index is 1180. The predicted octanol–water partition coefficient (Wildman–Crippen LogP) is 4.08. The van der Waals surface area contributed by atoms with Crippen molar-refractivity contribution in [2.75, 3.05) is 26.2 Å². The molecule has 174 valence electrons. The summed E-state index contributed by atoms with van der Waals surface area (Å²) in [7, 11) is 0. The molecule has 6 nitrogen and oxygen atoms in total. The smallest absolute Gasteiger partial charge is 0.173 e. The third-order valence-corrected chi connectivity index (χ3v) is 6.46. The maximum absolute atomic E-state index is 13.4. The fraction of sp³-hybridized carbons (Fsp3) is 0.296. The van der Waals surface area contributed by atoms with E-state index in [-0.39, 0.29) is 11.9 Å². The van der Waals surface area contributed by atoms with E-state index in [0.717, 1.165) is 44.1 Å². The van der Waals surface area contributed by atoms with Gasteiger partial charge in [0, 0.05) is 32.7 Å². The minimum atomic E-state index is -0.244. The third-order valence-electron chi connectivity index (χ3n) is 6.46. The van der Waals surface area contributed by atoms with Crippen molar-refractivity contribution in [3.63, 3.8) is 0 Å². The van der Waals surface area contributed by atoms with Crippen molar-refractivity contribution >= 4 is 0 Å². The Morgan fingerprint density at radius 2 is 1.47 bits per heavy atom. The van der Waals surface area contributed by atoms with E-state index in [4.69, 9.17) is 0 Å². The molecule has 0 radical (unpaired) electrons. The summed E-state index contributed by atoms with van der Waals surface area (Å²) in [5, 5.41) is 12.8. The first-order valence-corrected chi connectivity index (χ1v) is 11.7. The minimum Gasteiger partial charge on any atom is -0.297 e. The zero-order valence-corrected chi connectivity index (χ0v) is 19.4. The number of piperazine rings is 1. The molecule has 0 aliphatic carbocycles. The second-order valence-corrected chi connectivity index (χ2v) is 8.93. The molecule has 5 rings (SSSR count). The Morgan fingerprint density at radius 1 is 0.794 bits per heavy atom. The molecule has 1 aromatic heterocycles. The van der Waals surface area contributed by atoms with Crippen molar-refractivity contribution < 1.29 is 4.39 Å². The Hall–Kier alpha value is -3.42. The van der Waals surface area contributed by atoms with E-state index >= 15 is 0 Å². The van der Waals surface area contributed by atoms with Crippen molar-refractivity contribution in [3.8, 4) is 0 Å². The van der Waals surface area contributed by atoms with E-state index < -0.39 is 0 Å². The zero-order chi connectivity index (χ0) is 23.3. The molecule has 1 fully saturated rings. The molecule has 1 atom stereocenters.